The number of aliphatic carboxylic acids is 2. The van der Waals surface area contributed by atoms with E-state index in [1.807, 2.05) is 0 Å². The molecule has 0 aliphatic carbocycles. The molecule has 13 nitrogen and oxygen atoms in total. The molecule has 0 aromatic rings. The zero-order chi connectivity index (χ0) is 24.1. The van der Waals surface area contributed by atoms with Crippen LogP contribution in [-0.4, -0.2) is 87.5 Å². The van der Waals surface area contributed by atoms with Crippen LogP contribution in [0.4, 0.5) is 0 Å². The third-order valence-electron chi connectivity index (χ3n) is 4.17. The second kappa shape index (κ2) is 14.6. The van der Waals surface area contributed by atoms with Crippen LogP contribution in [0.25, 0.3) is 0 Å². The lowest BCUT2D eigenvalue weighted by atomic mass is 10.1. The van der Waals surface area contributed by atoms with Gasteiger partial charge >= 0.3 is 11.9 Å². The maximum atomic E-state index is 12.6. The highest BCUT2D eigenvalue weighted by molar-refractivity contribution is 7.80. The second-order valence-electron chi connectivity index (χ2n) is 6.86. The molecule has 10 N–H and O–H groups in total. The molecule has 0 heterocycles. The van der Waals surface area contributed by atoms with Gasteiger partial charge in [0.2, 0.25) is 17.7 Å². The molecule has 0 fully saturated rings. The minimum atomic E-state index is -1.59. The Kier molecular flexibility index (Phi) is 13.4. The summed E-state index contributed by atoms with van der Waals surface area (Å²) in [5, 5.41) is 34.2. The van der Waals surface area contributed by atoms with Crippen LogP contribution in [0.1, 0.15) is 32.6 Å². The van der Waals surface area contributed by atoms with Crippen LogP contribution >= 0.6 is 12.6 Å². The van der Waals surface area contributed by atoms with Crippen LogP contribution < -0.4 is 27.4 Å². The molecule has 178 valence electrons. The standard InChI is InChI=1S/C17H31N5O8S/c1-8(23)13(17(29)30)22-15(27)10(4-2-3-5-18)20-16(28)11(7-31)21-14(26)9(19)6-12(24)25/h8-11,13,23,31H,2-7,18-19H2,1H3,(H,20,28)(H,21,26)(H,22,27)(H,24,25)(H,29,30). The van der Waals surface area contributed by atoms with E-state index in [1.165, 1.54) is 6.92 Å². The molecular formula is C17H31N5O8S. The van der Waals surface area contributed by atoms with Crippen LogP contribution in [-0.2, 0) is 24.0 Å². The highest BCUT2D eigenvalue weighted by atomic mass is 32.1. The molecule has 5 unspecified atom stereocenters. The largest absolute Gasteiger partial charge is 0.481 e. The van der Waals surface area contributed by atoms with Gasteiger partial charge in [0.05, 0.1) is 18.6 Å². The lowest BCUT2D eigenvalue weighted by Gasteiger charge is -2.25. The van der Waals surface area contributed by atoms with Gasteiger partial charge < -0.3 is 42.7 Å². The summed E-state index contributed by atoms with van der Waals surface area (Å²) in [5.74, 6) is -5.46. The number of unbranched alkanes of at least 4 members (excludes halogenated alkanes) is 1. The highest BCUT2D eigenvalue weighted by Gasteiger charge is 2.31. The molecule has 0 saturated carbocycles. The lowest BCUT2D eigenvalue weighted by molar-refractivity contribution is -0.145. The number of hydrogen-bond acceptors (Lipinski definition) is 9. The van der Waals surface area contributed by atoms with E-state index in [2.05, 4.69) is 28.6 Å². The first-order valence-electron chi connectivity index (χ1n) is 9.54. The van der Waals surface area contributed by atoms with E-state index in [9.17, 15) is 29.1 Å². The van der Waals surface area contributed by atoms with Crippen molar-refractivity contribution in [3.05, 3.63) is 0 Å². The number of aliphatic hydroxyl groups is 1. The number of carbonyl (C=O) groups is 5. The van der Waals surface area contributed by atoms with Gasteiger partial charge in [-0.3, -0.25) is 19.2 Å². The van der Waals surface area contributed by atoms with Crippen molar-refractivity contribution >= 4 is 42.3 Å². The number of hydrogen-bond donors (Lipinski definition) is 9. The summed E-state index contributed by atoms with van der Waals surface area (Å²) in [6.45, 7) is 1.53. The molecule has 31 heavy (non-hydrogen) atoms. The van der Waals surface area contributed by atoms with E-state index < -0.39 is 66.4 Å². The smallest absolute Gasteiger partial charge is 0.328 e. The molecule has 3 amide bonds. The van der Waals surface area contributed by atoms with Crippen LogP contribution in [0.15, 0.2) is 0 Å². The van der Waals surface area contributed by atoms with Crippen molar-refractivity contribution in [1.82, 2.24) is 16.0 Å². The SMILES string of the molecule is CC(O)C(NC(=O)C(CCCCN)NC(=O)C(CS)NC(=O)C(N)CC(=O)O)C(=O)O. The summed E-state index contributed by atoms with van der Waals surface area (Å²) in [4.78, 5) is 58.9. The summed E-state index contributed by atoms with van der Waals surface area (Å²) in [7, 11) is 0. The van der Waals surface area contributed by atoms with Gasteiger partial charge in [-0.1, -0.05) is 0 Å². The average Bonchev–Trinajstić information content (AvgIpc) is 2.67. The molecule has 0 aliphatic rings. The van der Waals surface area contributed by atoms with Crippen molar-refractivity contribution < 1.29 is 39.3 Å². The van der Waals surface area contributed by atoms with Crippen LogP contribution in [0.5, 0.6) is 0 Å². The number of amides is 3. The first-order chi connectivity index (χ1) is 14.4. The van der Waals surface area contributed by atoms with Gasteiger partial charge in [-0.15, -0.1) is 0 Å². The minimum absolute atomic E-state index is 0.118. The van der Waals surface area contributed by atoms with Crippen molar-refractivity contribution in [3.8, 4) is 0 Å². The number of rotatable bonds is 15. The Balaban J connectivity index is 5.26. The van der Waals surface area contributed by atoms with Gasteiger partial charge in [-0.2, -0.15) is 12.6 Å². The Hall–Kier alpha value is -2.42. The maximum absolute atomic E-state index is 12.6. The fourth-order valence-electron chi connectivity index (χ4n) is 2.43. The normalized spacial score (nSPS) is 15.6. The van der Waals surface area contributed by atoms with Crippen molar-refractivity contribution in [3.63, 3.8) is 0 Å². The Morgan fingerprint density at radius 2 is 1.48 bits per heavy atom. The minimum Gasteiger partial charge on any atom is -0.481 e. The van der Waals surface area contributed by atoms with Crippen molar-refractivity contribution in [2.75, 3.05) is 12.3 Å². The fourth-order valence-corrected chi connectivity index (χ4v) is 2.69. The summed E-state index contributed by atoms with van der Waals surface area (Å²) >= 11 is 3.98. The molecule has 14 heteroatoms. The van der Waals surface area contributed by atoms with Gasteiger partial charge in [-0.05, 0) is 32.7 Å². The van der Waals surface area contributed by atoms with Crippen molar-refractivity contribution in [2.24, 2.45) is 11.5 Å². The molecule has 5 atom stereocenters. The van der Waals surface area contributed by atoms with E-state index >= 15 is 0 Å². The van der Waals surface area contributed by atoms with E-state index in [0.29, 0.717) is 19.4 Å². The molecule has 0 spiro atoms. The van der Waals surface area contributed by atoms with Crippen LogP contribution in [0, 0.1) is 0 Å². The number of thiol groups is 1. The lowest BCUT2D eigenvalue weighted by Crippen LogP contribution is -2.58. The predicted octanol–water partition coefficient (Wildman–Crippen LogP) is -3.23. The van der Waals surface area contributed by atoms with Gasteiger partial charge in [0, 0.05) is 5.75 Å². The highest BCUT2D eigenvalue weighted by Crippen LogP contribution is 2.04. The number of carbonyl (C=O) groups excluding carboxylic acids is 3. The molecular weight excluding hydrogens is 434 g/mol. The Bertz CT molecular complexity index is 648. The topological polar surface area (TPSA) is 234 Å². The Morgan fingerprint density at radius 1 is 0.935 bits per heavy atom. The molecule has 0 aromatic heterocycles. The van der Waals surface area contributed by atoms with Crippen LogP contribution in [0.2, 0.25) is 0 Å². The van der Waals surface area contributed by atoms with E-state index in [4.69, 9.17) is 21.7 Å². The number of nitrogens with two attached hydrogens (primary N) is 2. The van der Waals surface area contributed by atoms with Gasteiger partial charge in [0.15, 0.2) is 6.04 Å². The predicted molar refractivity (Wildman–Crippen MR) is 112 cm³/mol. The Morgan fingerprint density at radius 3 is 1.94 bits per heavy atom. The fraction of sp³-hybridized carbons (Fsp3) is 0.706. The summed E-state index contributed by atoms with van der Waals surface area (Å²) < 4.78 is 0. The van der Waals surface area contributed by atoms with E-state index in [-0.39, 0.29) is 12.2 Å². The van der Waals surface area contributed by atoms with E-state index in [0.717, 1.165) is 0 Å². The summed E-state index contributed by atoms with van der Waals surface area (Å²) in [6, 6.07) is -5.38. The second-order valence-corrected chi connectivity index (χ2v) is 7.22. The molecule has 0 saturated heterocycles. The number of aliphatic hydroxyl groups excluding tert-OH is 1. The monoisotopic (exact) mass is 465 g/mol. The van der Waals surface area contributed by atoms with Crippen LogP contribution in [0.3, 0.4) is 0 Å². The number of carboxylic acids is 2. The number of carboxylic acid groups (broad SMARTS) is 2. The first kappa shape index (κ1) is 28.6. The average molecular weight is 466 g/mol. The third kappa shape index (κ3) is 11.0. The molecule has 0 radical (unpaired) electrons. The quantitative estimate of drug-likeness (QED) is 0.0865. The molecule has 0 aliphatic heterocycles. The van der Waals surface area contributed by atoms with Gasteiger partial charge in [0.1, 0.15) is 12.1 Å². The van der Waals surface area contributed by atoms with Gasteiger partial charge in [0.25, 0.3) is 0 Å². The molecule has 0 rings (SSSR count). The van der Waals surface area contributed by atoms with Crippen molar-refractivity contribution in [1.29, 1.82) is 0 Å². The zero-order valence-electron chi connectivity index (χ0n) is 17.1. The number of nitrogens with one attached hydrogen (secondary N) is 3. The van der Waals surface area contributed by atoms with E-state index in [1.54, 1.807) is 0 Å². The summed E-state index contributed by atoms with van der Waals surface area (Å²) in [5.41, 5.74) is 10.9. The first-order valence-corrected chi connectivity index (χ1v) is 10.2. The van der Waals surface area contributed by atoms with Gasteiger partial charge in [-0.25, -0.2) is 4.79 Å². The maximum Gasteiger partial charge on any atom is 0.328 e. The Labute approximate surface area is 184 Å². The molecule has 0 aromatic carbocycles. The van der Waals surface area contributed by atoms with Crippen molar-refractivity contribution in [2.45, 2.75) is 62.9 Å². The zero-order valence-corrected chi connectivity index (χ0v) is 18.0. The summed E-state index contributed by atoms with van der Waals surface area (Å²) in [6.07, 6.45) is -0.945. The third-order valence-corrected chi connectivity index (χ3v) is 4.54. The molecule has 0 bridgehead atoms.